The lowest BCUT2D eigenvalue weighted by Crippen LogP contribution is -2.17. The highest BCUT2D eigenvalue weighted by Crippen LogP contribution is 2.22. The monoisotopic (exact) mass is 464 g/mol. The summed E-state index contributed by atoms with van der Waals surface area (Å²) in [6.07, 6.45) is 2.41. The summed E-state index contributed by atoms with van der Waals surface area (Å²) in [5.74, 6) is -2.48. The Balaban J connectivity index is 0.000000226. The lowest BCUT2D eigenvalue weighted by Gasteiger charge is -2.19. The first-order chi connectivity index (χ1) is 16.1. The van der Waals surface area contributed by atoms with Crippen molar-refractivity contribution in [3.63, 3.8) is 0 Å². The summed E-state index contributed by atoms with van der Waals surface area (Å²) in [5.41, 5.74) is 4.51. The van der Waals surface area contributed by atoms with Crippen molar-refractivity contribution in [2.45, 2.75) is 39.2 Å². The van der Waals surface area contributed by atoms with Gasteiger partial charge < -0.3 is 15.4 Å². The molecule has 0 saturated carbocycles. The summed E-state index contributed by atoms with van der Waals surface area (Å²) in [5, 5.41) is 13.0. The molecule has 0 aliphatic heterocycles. The summed E-state index contributed by atoms with van der Waals surface area (Å²) < 4.78 is 25.9. The largest absolute Gasteiger partial charge is 0.478 e. The molecule has 0 unspecified atom stereocenters. The van der Waals surface area contributed by atoms with Crippen LogP contribution in [-0.2, 0) is 18.4 Å². The molecule has 0 amide bonds. The molecule has 4 nitrogen and oxygen atoms in total. The second-order valence-corrected chi connectivity index (χ2v) is 9.17. The van der Waals surface area contributed by atoms with Crippen molar-refractivity contribution >= 4 is 16.9 Å². The average molecular weight is 465 g/mol. The van der Waals surface area contributed by atoms with Gasteiger partial charge in [0.15, 0.2) is 11.6 Å². The number of aromatic carboxylic acids is 1. The first-order valence-electron chi connectivity index (χ1n) is 11.2. The fraction of sp³-hybridized carbons (Fsp3) is 0.250. The normalized spacial score (nSPS) is 11.2. The smallest absolute Gasteiger partial charge is 0.337 e. The minimum Gasteiger partial charge on any atom is -0.478 e. The Labute approximate surface area is 198 Å². The number of carboxylic acids is 1. The van der Waals surface area contributed by atoms with Crippen LogP contribution in [0.2, 0.25) is 0 Å². The van der Waals surface area contributed by atoms with Gasteiger partial charge in [0.1, 0.15) is 0 Å². The maximum atomic E-state index is 13.1. The third-order valence-corrected chi connectivity index (χ3v) is 5.54. The molecule has 1 heterocycles. The highest BCUT2D eigenvalue weighted by molar-refractivity contribution is 6.01. The molecule has 0 radical (unpaired) electrons. The van der Waals surface area contributed by atoms with Gasteiger partial charge >= 0.3 is 5.97 Å². The molecule has 0 saturated heterocycles. The van der Waals surface area contributed by atoms with Crippen LogP contribution in [0.3, 0.4) is 0 Å². The molecule has 3 N–H and O–H groups in total. The Kier molecular flexibility index (Phi) is 8.18. The van der Waals surface area contributed by atoms with Crippen LogP contribution in [0.4, 0.5) is 8.78 Å². The first-order valence-corrected chi connectivity index (χ1v) is 11.2. The number of aromatic amines is 1. The zero-order valence-electron chi connectivity index (χ0n) is 19.7. The average Bonchev–Trinajstić information content (AvgIpc) is 3.28. The Bertz CT molecular complexity index is 1240. The van der Waals surface area contributed by atoms with E-state index in [1.54, 1.807) is 24.4 Å². The van der Waals surface area contributed by atoms with Crippen LogP contribution < -0.4 is 5.32 Å². The van der Waals surface area contributed by atoms with Gasteiger partial charge in [-0.25, -0.2) is 13.6 Å². The third-order valence-electron chi connectivity index (χ3n) is 5.54. The molecule has 0 spiro atoms. The topological polar surface area (TPSA) is 65.1 Å². The van der Waals surface area contributed by atoms with Crippen molar-refractivity contribution in [1.82, 2.24) is 10.3 Å². The molecule has 4 rings (SSSR count). The van der Waals surface area contributed by atoms with Crippen LogP contribution in [0.25, 0.3) is 10.9 Å². The molecule has 3 aromatic carbocycles. The summed E-state index contributed by atoms with van der Waals surface area (Å²) in [6.45, 7) is 8.09. The van der Waals surface area contributed by atoms with Crippen molar-refractivity contribution in [2.75, 3.05) is 6.54 Å². The van der Waals surface area contributed by atoms with Gasteiger partial charge in [0, 0.05) is 18.1 Å². The molecule has 178 valence electrons. The fourth-order valence-electron chi connectivity index (χ4n) is 3.55. The van der Waals surface area contributed by atoms with E-state index in [2.05, 4.69) is 55.3 Å². The van der Waals surface area contributed by atoms with Crippen molar-refractivity contribution in [2.24, 2.45) is 0 Å². The molecule has 0 fully saturated rings. The van der Waals surface area contributed by atoms with Crippen LogP contribution in [-0.4, -0.2) is 22.6 Å². The molecule has 6 heteroatoms. The SMILES string of the molecule is CC(C)(C)c1ccc(CNCCc2ccc(F)c(F)c2)cc1.O=C(O)c1cccc2cc[nH]c12. The minimum atomic E-state index is -0.900. The predicted octanol–water partition coefficient (Wildman–Crippen LogP) is 6.46. The van der Waals surface area contributed by atoms with E-state index >= 15 is 0 Å². The zero-order chi connectivity index (χ0) is 24.7. The van der Waals surface area contributed by atoms with E-state index in [9.17, 15) is 13.6 Å². The number of benzene rings is 3. The molecule has 0 atom stereocenters. The van der Waals surface area contributed by atoms with E-state index in [-0.39, 0.29) is 5.41 Å². The van der Waals surface area contributed by atoms with Crippen LogP contribution in [0.5, 0.6) is 0 Å². The molecule has 1 aromatic heterocycles. The van der Waals surface area contributed by atoms with Gasteiger partial charge in [0.2, 0.25) is 0 Å². The highest BCUT2D eigenvalue weighted by Gasteiger charge is 2.12. The predicted molar refractivity (Wildman–Crippen MR) is 132 cm³/mol. The number of nitrogens with one attached hydrogen (secondary N) is 2. The van der Waals surface area contributed by atoms with Crippen molar-refractivity contribution in [3.8, 4) is 0 Å². The van der Waals surface area contributed by atoms with E-state index in [4.69, 9.17) is 5.11 Å². The van der Waals surface area contributed by atoms with Crippen molar-refractivity contribution in [1.29, 1.82) is 0 Å². The van der Waals surface area contributed by atoms with Gasteiger partial charge in [-0.05, 0) is 59.3 Å². The standard InChI is InChI=1S/C19H23F2N.C9H7NO2/c1-19(2,3)16-7-4-15(5-8-16)13-22-11-10-14-6-9-17(20)18(21)12-14;11-9(12)7-3-1-2-6-4-5-10-8(6)7/h4-9,12,22H,10-11,13H2,1-3H3;1-5,10H,(H,11,12). The van der Waals surface area contributed by atoms with Crippen LogP contribution in [0.15, 0.2) is 72.9 Å². The summed E-state index contributed by atoms with van der Waals surface area (Å²) in [4.78, 5) is 13.6. The molecular weight excluding hydrogens is 434 g/mol. The highest BCUT2D eigenvalue weighted by atomic mass is 19.2. The number of para-hydroxylation sites is 1. The fourth-order valence-corrected chi connectivity index (χ4v) is 3.55. The van der Waals surface area contributed by atoms with E-state index in [0.29, 0.717) is 17.5 Å². The minimum absolute atomic E-state index is 0.165. The van der Waals surface area contributed by atoms with Gasteiger partial charge in [-0.15, -0.1) is 0 Å². The zero-order valence-corrected chi connectivity index (χ0v) is 19.7. The van der Waals surface area contributed by atoms with Gasteiger partial charge in [-0.3, -0.25) is 0 Å². The van der Waals surface area contributed by atoms with E-state index in [1.165, 1.54) is 23.3 Å². The molecule has 0 aliphatic rings. The Morgan fingerprint density at radius 2 is 1.65 bits per heavy atom. The number of halogens is 2. The summed E-state index contributed by atoms with van der Waals surface area (Å²) in [7, 11) is 0. The number of H-pyrrole nitrogens is 1. The Morgan fingerprint density at radius 1 is 0.941 bits per heavy atom. The maximum Gasteiger partial charge on any atom is 0.337 e. The van der Waals surface area contributed by atoms with Crippen LogP contribution in [0.1, 0.15) is 47.8 Å². The Hall–Kier alpha value is -3.51. The number of carboxylic acid groups (broad SMARTS) is 1. The number of hydrogen-bond acceptors (Lipinski definition) is 2. The van der Waals surface area contributed by atoms with E-state index < -0.39 is 17.6 Å². The van der Waals surface area contributed by atoms with Crippen LogP contribution >= 0.6 is 0 Å². The number of hydrogen-bond donors (Lipinski definition) is 3. The lowest BCUT2D eigenvalue weighted by atomic mass is 9.87. The van der Waals surface area contributed by atoms with E-state index in [0.717, 1.165) is 24.0 Å². The van der Waals surface area contributed by atoms with Gasteiger partial charge in [0.05, 0.1) is 11.1 Å². The summed E-state index contributed by atoms with van der Waals surface area (Å²) >= 11 is 0. The quantitative estimate of drug-likeness (QED) is 0.287. The molecule has 0 aliphatic carbocycles. The number of aromatic nitrogens is 1. The van der Waals surface area contributed by atoms with Crippen molar-refractivity contribution in [3.05, 3.63) is 107 Å². The van der Waals surface area contributed by atoms with Gasteiger partial charge in [-0.1, -0.05) is 63.2 Å². The van der Waals surface area contributed by atoms with Crippen LogP contribution in [0, 0.1) is 11.6 Å². The first kappa shape index (κ1) is 25.1. The van der Waals surface area contributed by atoms with E-state index in [1.807, 2.05) is 12.1 Å². The second kappa shape index (κ2) is 11.1. The number of rotatable bonds is 6. The molecular formula is C28H30F2N2O2. The summed E-state index contributed by atoms with van der Waals surface area (Å²) in [6, 6.07) is 19.7. The molecule has 0 bridgehead atoms. The maximum absolute atomic E-state index is 13.1. The molecule has 34 heavy (non-hydrogen) atoms. The third kappa shape index (κ3) is 6.75. The van der Waals surface area contributed by atoms with Gasteiger partial charge in [0.25, 0.3) is 0 Å². The Morgan fingerprint density at radius 3 is 2.29 bits per heavy atom. The second-order valence-electron chi connectivity index (χ2n) is 9.17. The molecule has 4 aromatic rings. The lowest BCUT2D eigenvalue weighted by molar-refractivity contribution is 0.0699. The van der Waals surface area contributed by atoms with Gasteiger partial charge in [-0.2, -0.15) is 0 Å². The number of fused-ring (bicyclic) bond motifs is 1. The number of carbonyl (C=O) groups is 1. The van der Waals surface area contributed by atoms with Crippen molar-refractivity contribution < 1.29 is 18.7 Å².